The van der Waals surface area contributed by atoms with E-state index in [1.54, 1.807) is 7.11 Å². The van der Waals surface area contributed by atoms with Crippen LogP contribution in [-0.4, -0.2) is 48.6 Å². The molecule has 1 amide bonds. The molecular weight excluding hydrogens is 391 g/mol. The molecule has 1 aliphatic rings. The van der Waals surface area contributed by atoms with E-state index in [2.05, 4.69) is 10.3 Å². The number of nitrogens with zero attached hydrogens (tertiary/aromatic N) is 2. The van der Waals surface area contributed by atoms with Crippen LogP contribution in [0.15, 0.2) is 24.3 Å². The van der Waals surface area contributed by atoms with Crippen LogP contribution in [0.4, 0.5) is 13.2 Å². The molecule has 0 fully saturated rings. The van der Waals surface area contributed by atoms with Crippen LogP contribution in [-0.2, 0) is 28.7 Å². The molecule has 1 aliphatic heterocycles. The first-order valence-electron chi connectivity index (χ1n) is 8.93. The summed E-state index contributed by atoms with van der Waals surface area (Å²) in [5, 5.41) is 3.60. The summed E-state index contributed by atoms with van der Waals surface area (Å²) in [6.45, 7) is 3.96. The number of methoxy groups -OCH3 is 1. The summed E-state index contributed by atoms with van der Waals surface area (Å²) in [7, 11) is 1.59. The van der Waals surface area contributed by atoms with Crippen molar-refractivity contribution in [2.24, 2.45) is 0 Å². The molecular formula is C19H22F3N3O2S. The van der Waals surface area contributed by atoms with Crippen LogP contribution in [0.3, 0.4) is 0 Å². The Morgan fingerprint density at radius 3 is 2.71 bits per heavy atom. The van der Waals surface area contributed by atoms with Gasteiger partial charge in [0.15, 0.2) is 0 Å². The highest BCUT2D eigenvalue weighted by molar-refractivity contribution is 7.15. The van der Waals surface area contributed by atoms with Gasteiger partial charge in [0.2, 0.25) is 5.91 Å². The zero-order valence-electron chi connectivity index (χ0n) is 15.7. The Kier molecular flexibility index (Phi) is 6.36. The number of halogens is 3. The van der Waals surface area contributed by atoms with Crippen molar-refractivity contribution in [2.75, 3.05) is 26.8 Å². The van der Waals surface area contributed by atoms with Crippen LogP contribution in [0.5, 0.6) is 0 Å². The summed E-state index contributed by atoms with van der Waals surface area (Å²) < 4.78 is 43.2. The van der Waals surface area contributed by atoms with Crippen molar-refractivity contribution in [1.82, 2.24) is 15.2 Å². The van der Waals surface area contributed by atoms with Crippen LogP contribution >= 0.6 is 11.3 Å². The summed E-state index contributed by atoms with van der Waals surface area (Å²) in [6, 6.07) is 5.01. The number of benzene rings is 1. The number of hydrogen-bond donors (Lipinski definition) is 1. The Morgan fingerprint density at radius 1 is 1.36 bits per heavy atom. The Bertz CT molecular complexity index is 821. The maximum absolute atomic E-state index is 12.7. The number of fused-ring (bicyclic) bond motifs is 1. The van der Waals surface area contributed by atoms with Crippen molar-refractivity contribution in [3.63, 3.8) is 0 Å². The van der Waals surface area contributed by atoms with Crippen molar-refractivity contribution in [2.45, 2.75) is 32.1 Å². The van der Waals surface area contributed by atoms with Crippen molar-refractivity contribution in [1.29, 1.82) is 0 Å². The first-order chi connectivity index (χ1) is 13.3. The molecule has 0 saturated carbocycles. The smallest absolute Gasteiger partial charge is 0.383 e. The van der Waals surface area contributed by atoms with Gasteiger partial charge >= 0.3 is 6.18 Å². The molecule has 1 aromatic heterocycles. The van der Waals surface area contributed by atoms with Crippen LogP contribution < -0.4 is 5.32 Å². The minimum absolute atomic E-state index is 0.0486. The molecule has 152 valence electrons. The summed E-state index contributed by atoms with van der Waals surface area (Å²) in [5.74, 6) is -0.0551. The lowest BCUT2D eigenvalue weighted by atomic mass is 10.1. The molecule has 0 aliphatic carbocycles. The molecule has 0 radical (unpaired) electrons. The molecule has 0 spiro atoms. The number of nitrogens with one attached hydrogen (secondary N) is 1. The van der Waals surface area contributed by atoms with E-state index in [-0.39, 0.29) is 11.9 Å². The van der Waals surface area contributed by atoms with Crippen molar-refractivity contribution in [3.8, 4) is 10.6 Å². The van der Waals surface area contributed by atoms with Gasteiger partial charge in [-0.25, -0.2) is 4.98 Å². The predicted octanol–water partition coefficient (Wildman–Crippen LogP) is 3.34. The van der Waals surface area contributed by atoms with E-state index in [9.17, 15) is 18.0 Å². The SMILES string of the molecule is COC[C@H](C)NC(=O)CN1CCc2nc(-c3ccc(C(F)(F)F)cc3)sc2C1. The average molecular weight is 413 g/mol. The fourth-order valence-electron chi connectivity index (χ4n) is 3.12. The first-order valence-corrected chi connectivity index (χ1v) is 9.74. The quantitative estimate of drug-likeness (QED) is 0.789. The summed E-state index contributed by atoms with van der Waals surface area (Å²) in [4.78, 5) is 19.8. The third-order valence-corrected chi connectivity index (χ3v) is 5.59. The Hall–Kier alpha value is -1.97. The van der Waals surface area contributed by atoms with E-state index < -0.39 is 11.7 Å². The van der Waals surface area contributed by atoms with E-state index in [4.69, 9.17) is 4.74 Å². The highest BCUT2D eigenvalue weighted by Crippen LogP contribution is 2.34. The molecule has 2 aromatic rings. The minimum atomic E-state index is -4.34. The fraction of sp³-hybridized carbons (Fsp3) is 0.474. The predicted molar refractivity (Wildman–Crippen MR) is 101 cm³/mol. The van der Waals surface area contributed by atoms with Gasteiger partial charge < -0.3 is 10.1 Å². The van der Waals surface area contributed by atoms with Gasteiger partial charge in [-0.1, -0.05) is 12.1 Å². The maximum atomic E-state index is 12.7. The third kappa shape index (κ3) is 5.09. The second kappa shape index (κ2) is 8.59. The van der Waals surface area contributed by atoms with E-state index >= 15 is 0 Å². The number of rotatable bonds is 6. The number of aromatic nitrogens is 1. The largest absolute Gasteiger partial charge is 0.416 e. The molecule has 1 atom stereocenters. The minimum Gasteiger partial charge on any atom is -0.383 e. The van der Waals surface area contributed by atoms with Gasteiger partial charge in [-0.15, -0.1) is 11.3 Å². The third-order valence-electron chi connectivity index (χ3n) is 4.46. The Labute approximate surface area is 165 Å². The van der Waals surface area contributed by atoms with E-state index in [0.29, 0.717) is 36.7 Å². The van der Waals surface area contributed by atoms with Crippen LogP contribution in [0.1, 0.15) is 23.1 Å². The maximum Gasteiger partial charge on any atom is 0.416 e. The van der Waals surface area contributed by atoms with Crippen molar-refractivity contribution >= 4 is 17.2 Å². The first kappa shape index (κ1) is 20.8. The van der Waals surface area contributed by atoms with Gasteiger partial charge in [-0.3, -0.25) is 9.69 Å². The standard InChI is InChI=1S/C19H22F3N3O2S/c1-12(11-27-2)23-17(26)10-25-8-7-15-16(9-25)28-18(24-15)13-3-5-14(6-4-13)19(20,21)22/h3-6,12H,7-11H2,1-2H3,(H,23,26)/t12-/m0/s1. The summed E-state index contributed by atoms with van der Waals surface area (Å²) in [6.07, 6.45) is -3.63. The van der Waals surface area contributed by atoms with Gasteiger partial charge in [0.05, 0.1) is 24.4 Å². The van der Waals surface area contributed by atoms with Gasteiger partial charge in [-0.05, 0) is 19.1 Å². The topological polar surface area (TPSA) is 54.5 Å². The lowest BCUT2D eigenvalue weighted by molar-refractivity contribution is -0.137. The number of ether oxygens (including phenoxy) is 1. The number of alkyl halides is 3. The molecule has 28 heavy (non-hydrogen) atoms. The average Bonchev–Trinajstić information content (AvgIpc) is 3.04. The lowest BCUT2D eigenvalue weighted by Crippen LogP contribution is -2.43. The van der Waals surface area contributed by atoms with Crippen molar-refractivity contribution in [3.05, 3.63) is 40.4 Å². The summed E-state index contributed by atoms with van der Waals surface area (Å²) in [5.41, 5.74) is 0.965. The molecule has 5 nitrogen and oxygen atoms in total. The molecule has 0 saturated heterocycles. The van der Waals surface area contributed by atoms with Gasteiger partial charge in [0, 0.05) is 43.1 Å². The highest BCUT2D eigenvalue weighted by atomic mass is 32.1. The highest BCUT2D eigenvalue weighted by Gasteiger charge is 2.30. The van der Waals surface area contributed by atoms with E-state index in [1.807, 2.05) is 11.8 Å². The molecule has 1 N–H and O–H groups in total. The van der Waals surface area contributed by atoms with Gasteiger partial charge in [0.25, 0.3) is 0 Å². The molecule has 2 heterocycles. The molecule has 0 bridgehead atoms. The number of amides is 1. The molecule has 3 rings (SSSR count). The Morgan fingerprint density at radius 2 is 2.07 bits per heavy atom. The van der Waals surface area contributed by atoms with Crippen molar-refractivity contribution < 1.29 is 22.7 Å². The molecule has 9 heteroatoms. The summed E-state index contributed by atoms with van der Waals surface area (Å²) >= 11 is 1.47. The van der Waals surface area contributed by atoms with Crippen LogP contribution in [0, 0.1) is 0 Å². The normalized spacial score (nSPS) is 15.9. The molecule has 1 aromatic carbocycles. The number of thiazole rings is 1. The van der Waals surface area contributed by atoms with E-state index in [1.165, 1.54) is 23.5 Å². The van der Waals surface area contributed by atoms with Gasteiger partial charge in [-0.2, -0.15) is 13.2 Å². The zero-order valence-corrected chi connectivity index (χ0v) is 16.5. The number of hydrogen-bond acceptors (Lipinski definition) is 5. The molecule has 0 unspecified atom stereocenters. The van der Waals surface area contributed by atoms with Crippen LogP contribution in [0.25, 0.3) is 10.6 Å². The monoisotopic (exact) mass is 413 g/mol. The number of carbonyl (C=O) groups is 1. The van der Waals surface area contributed by atoms with Gasteiger partial charge in [0.1, 0.15) is 5.01 Å². The second-order valence-electron chi connectivity index (χ2n) is 6.85. The fourth-order valence-corrected chi connectivity index (χ4v) is 4.28. The number of carbonyl (C=O) groups excluding carboxylic acids is 1. The van der Waals surface area contributed by atoms with Crippen LogP contribution in [0.2, 0.25) is 0 Å². The Balaban J connectivity index is 1.64. The lowest BCUT2D eigenvalue weighted by Gasteiger charge is -2.25. The van der Waals surface area contributed by atoms with E-state index in [0.717, 1.165) is 29.2 Å². The second-order valence-corrected chi connectivity index (χ2v) is 7.93. The zero-order chi connectivity index (χ0) is 20.3.